The molecule has 3 aromatic rings. The monoisotopic (exact) mass is 324 g/mol. The molecule has 0 saturated carbocycles. The van der Waals surface area contributed by atoms with Crippen LogP contribution in [-0.2, 0) is 12.8 Å². The van der Waals surface area contributed by atoms with Gasteiger partial charge >= 0.3 is 0 Å². The molecule has 1 aliphatic rings. The molecule has 0 unspecified atom stereocenters. The van der Waals surface area contributed by atoms with Crippen molar-refractivity contribution in [3.63, 3.8) is 0 Å². The van der Waals surface area contributed by atoms with Gasteiger partial charge in [0.15, 0.2) is 5.82 Å². The zero-order valence-corrected chi connectivity index (χ0v) is 14.5. The SMILES string of the molecule is CC(C)(C)Nc1nc(-c2cccnc2)nc2sc3c(c12)CCC3. The van der Waals surface area contributed by atoms with E-state index in [-0.39, 0.29) is 5.54 Å². The average Bonchev–Trinajstić information content (AvgIpc) is 3.06. The molecule has 3 heterocycles. The smallest absolute Gasteiger partial charge is 0.164 e. The van der Waals surface area contributed by atoms with Gasteiger partial charge in [0.1, 0.15) is 10.6 Å². The summed E-state index contributed by atoms with van der Waals surface area (Å²) in [7, 11) is 0. The predicted molar refractivity (Wildman–Crippen MR) is 96.0 cm³/mol. The van der Waals surface area contributed by atoms with Crippen LogP contribution in [-0.4, -0.2) is 20.5 Å². The number of hydrogen-bond donors (Lipinski definition) is 1. The normalized spacial score (nSPS) is 14.2. The lowest BCUT2D eigenvalue weighted by molar-refractivity contribution is 0.631. The topological polar surface area (TPSA) is 50.7 Å². The van der Waals surface area contributed by atoms with E-state index in [4.69, 9.17) is 9.97 Å². The Kier molecular flexibility index (Phi) is 3.34. The standard InChI is InChI=1S/C18H20N4S/c1-18(2,3)22-16-14-12-7-4-8-13(12)23-17(14)21-15(20-16)11-6-5-9-19-10-11/h5-6,9-10H,4,7-8H2,1-3H3,(H,20,21,22). The molecular weight excluding hydrogens is 304 g/mol. The van der Waals surface area contributed by atoms with Gasteiger partial charge < -0.3 is 5.32 Å². The van der Waals surface area contributed by atoms with Gasteiger partial charge in [-0.25, -0.2) is 9.97 Å². The Hall–Kier alpha value is -2.01. The van der Waals surface area contributed by atoms with Crippen molar-refractivity contribution < 1.29 is 0 Å². The molecule has 0 saturated heterocycles. The van der Waals surface area contributed by atoms with Crippen molar-refractivity contribution in [3.8, 4) is 11.4 Å². The molecule has 0 radical (unpaired) electrons. The molecular formula is C18H20N4S. The quantitative estimate of drug-likeness (QED) is 0.756. The van der Waals surface area contributed by atoms with Crippen LogP contribution in [0.5, 0.6) is 0 Å². The van der Waals surface area contributed by atoms with Gasteiger partial charge in [0, 0.05) is 28.4 Å². The molecule has 0 atom stereocenters. The second-order valence-corrected chi connectivity index (χ2v) is 8.13. The predicted octanol–water partition coefficient (Wildman–Crippen LogP) is 4.45. The maximum absolute atomic E-state index is 4.85. The van der Waals surface area contributed by atoms with Crippen molar-refractivity contribution in [2.24, 2.45) is 0 Å². The Balaban J connectivity index is 1.94. The second-order valence-electron chi connectivity index (χ2n) is 7.05. The Morgan fingerprint density at radius 2 is 2.04 bits per heavy atom. The molecule has 0 amide bonds. The number of anilines is 1. The van der Waals surface area contributed by atoms with Gasteiger partial charge in [-0.1, -0.05) is 0 Å². The number of aromatic nitrogens is 3. The number of rotatable bonds is 2. The van der Waals surface area contributed by atoms with E-state index in [2.05, 4.69) is 31.1 Å². The van der Waals surface area contributed by atoms with E-state index in [0.29, 0.717) is 0 Å². The number of hydrogen-bond acceptors (Lipinski definition) is 5. The Labute approximate surface area is 140 Å². The summed E-state index contributed by atoms with van der Waals surface area (Å²) in [6.07, 6.45) is 7.16. The Morgan fingerprint density at radius 3 is 2.78 bits per heavy atom. The van der Waals surface area contributed by atoms with Crippen LogP contribution in [0.3, 0.4) is 0 Å². The molecule has 0 fully saturated rings. The van der Waals surface area contributed by atoms with Gasteiger partial charge in [0.05, 0.1) is 5.39 Å². The number of thiophene rings is 1. The van der Waals surface area contributed by atoms with Gasteiger partial charge in [0.25, 0.3) is 0 Å². The Morgan fingerprint density at radius 1 is 1.17 bits per heavy atom. The van der Waals surface area contributed by atoms with E-state index in [9.17, 15) is 0 Å². The van der Waals surface area contributed by atoms with Crippen molar-refractivity contribution in [1.29, 1.82) is 0 Å². The summed E-state index contributed by atoms with van der Waals surface area (Å²) < 4.78 is 0. The van der Waals surface area contributed by atoms with E-state index in [1.807, 2.05) is 29.7 Å². The summed E-state index contributed by atoms with van der Waals surface area (Å²) in [5, 5.41) is 4.81. The molecule has 0 aliphatic heterocycles. The van der Waals surface area contributed by atoms with E-state index in [1.54, 1.807) is 6.20 Å². The molecule has 1 N–H and O–H groups in total. The van der Waals surface area contributed by atoms with Crippen LogP contribution < -0.4 is 5.32 Å². The maximum Gasteiger partial charge on any atom is 0.164 e. The van der Waals surface area contributed by atoms with Crippen molar-refractivity contribution in [2.75, 3.05) is 5.32 Å². The van der Waals surface area contributed by atoms with Gasteiger partial charge in [-0.05, 0) is 57.7 Å². The van der Waals surface area contributed by atoms with Crippen molar-refractivity contribution in [1.82, 2.24) is 15.0 Å². The molecule has 0 bridgehead atoms. The number of aryl methyl sites for hydroxylation is 2. The van der Waals surface area contributed by atoms with Crippen LogP contribution in [0.15, 0.2) is 24.5 Å². The third-order valence-corrected chi connectivity index (χ3v) is 5.16. The first kappa shape index (κ1) is 14.6. The highest BCUT2D eigenvalue weighted by Gasteiger charge is 2.24. The van der Waals surface area contributed by atoms with Crippen LogP contribution in [0, 0.1) is 0 Å². The molecule has 3 aromatic heterocycles. The summed E-state index contributed by atoms with van der Waals surface area (Å²) >= 11 is 1.82. The molecule has 23 heavy (non-hydrogen) atoms. The fourth-order valence-corrected chi connectivity index (χ4v) is 4.33. The summed E-state index contributed by atoms with van der Waals surface area (Å²) in [6.45, 7) is 6.49. The summed E-state index contributed by atoms with van der Waals surface area (Å²) in [6, 6.07) is 3.94. The lowest BCUT2D eigenvalue weighted by Crippen LogP contribution is -2.27. The highest BCUT2D eigenvalue weighted by atomic mass is 32.1. The zero-order valence-electron chi connectivity index (χ0n) is 13.7. The van der Waals surface area contributed by atoms with Crippen LogP contribution in [0.1, 0.15) is 37.6 Å². The fraction of sp³-hybridized carbons (Fsp3) is 0.389. The first-order chi connectivity index (χ1) is 11.0. The first-order valence-corrected chi connectivity index (χ1v) is 8.84. The van der Waals surface area contributed by atoms with Crippen LogP contribution >= 0.6 is 11.3 Å². The van der Waals surface area contributed by atoms with E-state index in [0.717, 1.165) is 28.5 Å². The van der Waals surface area contributed by atoms with Crippen LogP contribution in [0.4, 0.5) is 5.82 Å². The van der Waals surface area contributed by atoms with Gasteiger partial charge in [0.2, 0.25) is 0 Å². The van der Waals surface area contributed by atoms with Crippen molar-refractivity contribution in [3.05, 3.63) is 35.0 Å². The van der Waals surface area contributed by atoms with Gasteiger partial charge in [-0.15, -0.1) is 11.3 Å². The third kappa shape index (κ3) is 2.70. The summed E-state index contributed by atoms with van der Waals surface area (Å²) in [4.78, 5) is 16.5. The molecule has 4 nitrogen and oxygen atoms in total. The highest BCUT2D eigenvalue weighted by Crippen LogP contribution is 2.40. The molecule has 0 aromatic carbocycles. The molecule has 0 spiro atoms. The minimum absolute atomic E-state index is 0.0408. The minimum atomic E-state index is -0.0408. The second kappa shape index (κ2) is 5.27. The first-order valence-electron chi connectivity index (χ1n) is 8.02. The molecule has 4 rings (SSSR count). The average molecular weight is 324 g/mol. The molecule has 1 aliphatic carbocycles. The third-order valence-electron chi connectivity index (χ3n) is 3.98. The van der Waals surface area contributed by atoms with Crippen LogP contribution in [0.2, 0.25) is 0 Å². The lowest BCUT2D eigenvalue weighted by atomic mass is 10.1. The summed E-state index contributed by atoms with van der Waals surface area (Å²) in [5.74, 6) is 1.71. The van der Waals surface area contributed by atoms with E-state index < -0.39 is 0 Å². The van der Waals surface area contributed by atoms with Crippen molar-refractivity contribution in [2.45, 2.75) is 45.6 Å². The van der Waals surface area contributed by atoms with E-state index >= 15 is 0 Å². The molecule has 5 heteroatoms. The van der Waals surface area contributed by atoms with E-state index in [1.165, 1.54) is 28.7 Å². The zero-order chi connectivity index (χ0) is 16.0. The largest absolute Gasteiger partial charge is 0.365 e. The maximum atomic E-state index is 4.85. The number of nitrogens with one attached hydrogen (secondary N) is 1. The highest BCUT2D eigenvalue weighted by molar-refractivity contribution is 7.19. The fourth-order valence-electron chi connectivity index (χ4n) is 3.07. The Bertz CT molecular complexity index is 862. The van der Waals surface area contributed by atoms with Crippen molar-refractivity contribution >= 4 is 27.4 Å². The minimum Gasteiger partial charge on any atom is -0.365 e. The van der Waals surface area contributed by atoms with Gasteiger partial charge in [-0.2, -0.15) is 0 Å². The molecule has 118 valence electrons. The van der Waals surface area contributed by atoms with Crippen LogP contribution in [0.25, 0.3) is 21.6 Å². The lowest BCUT2D eigenvalue weighted by Gasteiger charge is -2.22. The summed E-state index contributed by atoms with van der Waals surface area (Å²) in [5.41, 5.74) is 2.37. The number of nitrogens with zero attached hydrogens (tertiary/aromatic N) is 3. The number of fused-ring (bicyclic) bond motifs is 3. The van der Waals surface area contributed by atoms with Gasteiger partial charge in [-0.3, -0.25) is 4.98 Å². The number of pyridine rings is 1.